The van der Waals surface area contributed by atoms with Crippen LogP contribution >= 0.6 is 0 Å². The highest BCUT2D eigenvalue weighted by Gasteiger charge is 2.29. The third-order valence-electron chi connectivity index (χ3n) is 2.85. The Kier molecular flexibility index (Phi) is 2.45. The highest BCUT2D eigenvalue weighted by atomic mass is 32.2. The van der Waals surface area contributed by atoms with Crippen LogP contribution in [-0.4, -0.2) is 17.0 Å². The summed E-state index contributed by atoms with van der Waals surface area (Å²) in [5.41, 5.74) is 3.66. The van der Waals surface area contributed by atoms with Gasteiger partial charge in [0.15, 0.2) is 0 Å². The minimum atomic E-state index is -0.812. The number of rotatable bonds is 1. The SMILES string of the molecule is CNC1CS(=O)c2c(C)ccc(C)c21. The predicted octanol–water partition coefficient (Wildman–Crippen LogP) is 1.69. The highest BCUT2D eigenvalue weighted by molar-refractivity contribution is 7.85. The topological polar surface area (TPSA) is 29.1 Å². The van der Waals surface area contributed by atoms with Gasteiger partial charge in [-0.25, -0.2) is 0 Å². The number of fused-ring (bicyclic) bond motifs is 1. The molecular weight excluding hydrogens is 194 g/mol. The zero-order chi connectivity index (χ0) is 10.3. The smallest absolute Gasteiger partial charge is 0.0555 e. The van der Waals surface area contributed by atoms with E-state index in [9.17, 15) is 4.21 Å². The number of hydrogen-bond acceptors (Lipinski definition) is 2. The van der Waals surface area contributed by atoms with Crippen LogP contribution in [0, 0.1) is 13.8 Å². The van der Waals surface area contributed by atoms with E-state index in [4.69, 9.17) is 0 Å². The molecule has 0 fully saturated rings. The van der Waals surface area contributed by atoms with Crippen LogP contribution in [0.15, 0.2) is 17.0 Å². The Labute approximate surface area is 87.2 Å². The molecule has 2 nitrogen and oxygen atoms in total. The zero-order valence-corrected chi connectivity index (χ0v) is 9.57. The Balaban J connectivity index is 2.66. The average molecular weight is 209 g/mol. The summed E-state index contributed by atoms with van der Waals surface area (Å²) in [6.45, 7) is 4.12. The van der Waals surface area contributed by atoms with Crippen molar-refractivity contribution < 1.29 is 4.21 Å². The zero-order valence-electron chi connectivity index (χ0n) is 8.76. The molecule has 1 N–H and O–H groups in total. The maximum absolute atomic E-state index is 11.9. The van der Waals surface area contributed by atoms with Crippen molar-refractivity contribution in [2.45, 2.75) is 24.8 Å². The second-order valence-corrected chi connectivity index (χ2v) is 5.23. The van der Waals surface area contributed by atoms with Gasteiger partial charge in [0.2, 0.25) is 0 Å². The van der Waals surface area contributed by atoms with Crippen LogP contribution < -0.4 is 5.32 Å². The van der Waals surface area contributed by atoms with Gasteiger partial charge < -0.3 is 5.32 Å². The first-order chi connectivity index (χ1) is 6.65. The van der Waals surface area contributed by atoms with E-state index in [1.165, 1.54) is 11.1 Å². The molecule has 0 bridgehead atoms. The van der Waals surface area contributed by atoms with E-state index in [0.717, 1.165) is 16.2 Å². The Hall–Kier alpha value is -0.670. The quantitative estimate of drug-likeness (QED) is 0.762. The molecule has 76 valence electrons. The molecule has 1 heterocycles. The van der Waals surface area contributed by atoms with Crippen molar-refractivity contribution in [1.82, 2.24) is 5.32 Å². The first-order valence-corrected chi connectivity index (χ1v) is 6.12. The second kappa shape index (κ2) is 3.48. The summed E-state index contributed by atoms with van der Waals surface area (Å²) < 4.78 is 11.9. The first-order valence-electron chi connectivity index (χ1n) is 4.81. The number of aryl methyl sites for hydroxylation is 2. The van der Waals surface area contributed by atoms with Gasteiger partial charge in [-0.05, 0) is 37.6 Å². The van der Waals surface area contributed by atoms with Gasteiger partial charge in [0, 0.05) is 16.7 Å². The maximum Gasteiger partial charge on any atom is 0.0555 e. The Morgan fingerprint density at radius 2 is 2.00 bits per heavy atom. The Morgan fingerprint density at radius 3 is 2.64 bits per heavy atom. The van der Waals surface area contributed by atoms with Crippen LogP contribution in [0.2, 0.25) is 0 Å². The van der Waals surface area contributed by atoms with Crippen LogP contribution in [0.1, 0.15) is 22.7 Å². The van der Waals surface area contributed by atoms with E-state index < -0.39 is 10.8 Å². The van der Waals surface area contributed by atoms with Gasteiger partial charge >= 0.3 is 0 Å². The third kappa shape index (κ3) is 1.31. The van der Waals surface area contributed by atoms with Crippen molar-refractivity contribution in [1.29, 1.82) is 0 Å². The minimum Gasteiger partial charge on any atom is -0.312 e. The second-order valence-electron chi connectivity index (χ2n) is 3.80. The van der Waals surface area contributed by atoms with E-state index in [1.807, 2.05) is 14.0 Å². The molecular formula is C11H15NOS. The summed E-state index contributed by atoms with van der Waals surface area (Å²) in [7, 11) is 1.12. The van der Waals surface area contributed by atoms with Crippen molar-refractivity contribution in [3.8, 4) is 0 Å². The van der Waals surface area contributed by atoms with Crippen LogP contribution in [0.25, 0.3) is 0 Å². The van der Waals surface area contributed by atoms with E-state index in [2.05, 4.69) is 24.4 Å². The fourth-order valence-corrected chi connectivity index (χ4v) is 3.87. The number of hydrogen-bond donors (Lipinski definition) is 1. The molecule has 2 unspecified atom stereocenters. The predicted molar refractivity (Wildman–Crippen MR) is 59.0 cm³/mol. The van der Waals surface area contributed by atoms with E-state index in [-0.39, 0.29) is 6.04 Å². The van der Waals surface area contributed by atoms with Gasteiger partial charge in [0.05, 0.1) is 10.8 Å². The molecule has 1 aliphatic rings. The van der Waals surface area contributed by atoms with E-state index >= 15 is 0 Å². The molecule has 0 amide bonds. The van der Waals surface area contributed by atoms with E-state index in [0.29, 0.717) is 0 Å². The summed E-state index contributed by atoms with van der Waals surface area (Å²) in [5, 5.41) is 3.23. The van der Waals surface area contributed by atoms with E-state index in [1.54, 1.807) is 0 Å². The lowest BCUT2D eigenvalue weighted by Gasteiger charge is -2.12. The van der Waals surface area contributed by atoms with Crippen molar-refractivity contribution in [2.24, 2.45) is 0 Å². The van der Waals surface area contributed by atoms with Crippen molar-refractivity contribution in [2.75, 3.05) is 12.8 Å². The molecule has 3 heteroatoms. The maximum atomic E-state index is 11.9. The molecule has 0 aliphatic carbocycles. The molecule has 0 spiro atoms. The fraction of sp³-hybridized carbons (Fsp3) is 0.455. The van der Waals surface area contributed by atoms with Gasteiger partial charge in [-0.2, -0.15) is 0 Å². The molecule has 0 aromatic heterocycles. The molecule has 0 saturated heterocycles. The fourth-order valence-electron chi connectivity index (χ4n) is 2.09. The van der Waals surface area contributed by atoms with Gasteiger partial charge in [-0.15, -0.1) is 0 Å². The molecule has 1 aliphatic heterocycles. The molecule has 14 heavy (non-hydrogen) atoms. The monoisotopic (exact) mass is 209 g/mol. The molecule has 2 rings (SSSR count). The summed E-state index contributed by atoms with van der Waals surface area (Å²) in [6, 6.07) is 4.44. The summed E-state index contributed by atoms with van der Waals surface area (Å²) in [4.78, 5) is 1.06. The highest BCUT2D eigenvalue weighted by Crippen LogP contribution is 2.35. The molecule has 0 saturated carbocycles. The van der Waals surface area contributed by atoms with Crippen LogP contribution in [0.4, 0.5) is 0 Å². The van der Waals surface area contributed by atoms with Crippen molar-refractivity contribution in [3.63, 3.8) is 0 Å². The lowest BCUT2D eigenvalue weighted by Crippen LogP contribution is -2.17. The minimum absolute atomic E-state index is 0.269. The first kappa shape index (κ1) is 9.87. The standard InChI is InChI=1S/C11H15NOS/c1-7-4-5-8(2)11-10(7)9(12-3)6-14(11)13/h4-5,9,12H,6H2,1-3H3. The van der Waals surface area contributed by atoms with Gasteiger partial charge in [0.25, 0.3) is 0 Å². The number of benzene rings is 1. The Bertz CT molecular complexity index is 401. The van der Waals surface area contributed by atoms with Gasteiger partial charge in [0.1, 0.15) is 0 Å². The summed E-state index contributed by atoms with van der Waals surface area (Å²) in [6.07, 6.45) is 0. The molecule has 2 atom stereocenters. The number of nitrogens with one attached hydrogen (secondary N) is 1. The molecule has 0 radical (unpaired) electrons. The third-order valence-corrected chi connectivity index (χ3v) is 4.49. The largest absolute Gasteiger partial charge is 0.312 e. The molecule has 1 aromatic rings. The van der Waals surface area contributed by atoms with Crippen molar-refractivity contribution in [3.05, 3.63) is 28.8 Å². The van der Waals surface area contributed by atoms with Gasteiger partial charge in [-0.1, -0.05) is 12.1 Å². The normalized spacial score (nSPS) is 25.1. The van der Waals surface area contributed by atoms with Gasteiger partial charge in [-0.3, -0.25) is 4.21 Å². The summed E-state index contributed by atoms with van der Waals surface area (Å²) >= 11 is 0. The van der Waals surface area contributed by atoms with Crippen LogP contribution in [0.5, 0.6) is 0 Å². The lowest BCUT2D eigenvalue weighted by atomic mass is 10.0. The summed E-state index contributed by atoms with van der Waals surface area (Å²) in [5.74, 6) is 0.720. The molecule has 1 aromatic carbocycles. The van der Waals surface area contributed by atoms with Crippen LogP contribution in [0.3, 0.4) is 0 Å². The average Bonchev–Trinajstić information content (AvgIpc) is 2.50. The Morgan fingerprint density at radius 1 is 1.36 bits per heavy atom. The van der Waals surface area contributed by atoms with Crippen molar-refractivity contribution >= 4 is 10.8 Å². The lowest BCUT2D eigenvalue weighted by molar-refractivity contribution is 0.649. The van der Waals surface area contributed by atoms with Crippen LogP contribution in [-0.2, 0) is 10.8 Å².